The van der Waals surface area contributed by atoms with Crippen molar-refractivity contribution < 1.29 is 4.74 Å². The summed E-state index contributed by atoms with van der Waals surface area (Å²) in [5.74, 6) is 0.835. The topological polar surface area (TPSA) is 21.3 Å². The minimum atomic E-state index is 0.392. The van der Waals surface area contributed by atoms with Gasteiger partial charge in [0.05, 0.1) is 12.2 Å². The molecule has 3 unspecified atom stereocenters. The third-order valence-corrected chi connectivity index (χ3v) is 5.79. The van der Waals surface area contributed by atoms with Crippen LogP contribution in [0.4, 0.5) is 0 Å². The molecule has 2 heterocycles. The van der Waals surface area contributed by atoms with Crippen molar-refractivity contribution >= 4 is 11.3 Å². The normalized spacial score (nSPS) is 33.4. The number of rotatable bonds is 4. The molecule has 1 aromatic heterocycles. The van der Waals surface area contributed by atoms with Crippen molar-refractivity contribution in [2.45, 2.75) is 76.7 Å². The first-order valence-corrected chi connectivity index (χ1v) is 9.05. The van der Waals surface area contributed by atoms with E-state index >= 15 is 0 Å². The second-order valence-corrected chi connectivity index (χ2v) is 7.61. The Morgan fingerprint density at radius 3 is 2.50 bits per heavy atom. The van der Waals surface area contributed by atoms with E-state index in [2.05, 4.69) is 36.7 Å². The summed E-state index contributed by atoms with van der Waals surface area (Å²) in [7, 11) is 0. The highest BCUT2D eigenvalue weighted by Crippen LogP contribution is 2.38. The number of hydrogen-bond donors (Lipinski definition) is 1. The van der Waals surface area contributed by atoms with Crippen LogP contribution >= 0.6 is 11.3 Å². The fourth-order valence-corrected chi connectivity index (χ4v) is 4.88. The van der Waals surface area contributed by atoms with E-state index in [0.717, 1.165) is 18.8 Å². The van der Waals surface area contributed by atoms with Crippen LogP contribution in [0.1, 0.15) is 63.3 Å². The molecule has 2 nitrogen and oxygen atoms in total. The first-order chi connectivity index (χ1) is 9.72. The van der Waals surface area contributed by atoms with Crippen LogP contribution in [0.3, 0.4) is 0 Å². The molecule has 0 bridgehead atoms. The Hall–Kier alpha value is -0.380. The molecule has 0 radical (unpaired) electrons. The molecule has 3 rings (SSSR count). The Morgan fingerprint density at radius 1 is 1.20 bits per heavy atom. The van der Waals surface area contributed by atoms with Crippen LogP contribution < -0.4 is 5.32 Å². The van der Waals surface area contributed by atoms with Crippen molar-refractivity contribution in [2.75, 3.05) is 0 Å². The van der Waals surface area contributed by atoms with Crippen LogP contribution in [0.2, 0.25) is 0 Å². The largest absolute Gasteiger partial charge is 0.375 e. The fraction of sp³-hybridized carbons (Fsp3) is 0.765. The number of nitrogens with one attached hydrogen (secondary N) is 1. The van der Waals surface area contributed by atoms with Crippen LogP contribution in [0.25, 0.3) is 0 Å². The van der Waals surface area contributed by atoms with Crippen molar-refractivity contribution in [1.82, 2.24) is 5.32 Å². The van der Waals surface area contributed by atoms with Crippen LogP contribution in [0, 0.1) is 5.92 Å². The van der Waals surface area contributed by atoms with Gasteiger partial charge in [-0.15, -0.1) is 11.3 Å². The summed E-state index contributed by atoms with van der Waals surface area (Å²) in [6.45, 7) is 4.42. The van der Waals surface area contributed by atoms with Gasteiger partial charge in [0, 0.05) is 17.0 Å². The van der Waals surface area contributed by atoms with Crippen molar-refractivity contribution in [3.8, 4) is 0 Å². The Balaban J connectivity index is 1.69. The van der Waals surface area contributed by atoms with E-state index in [4.69, 9.17) is 4.74 Å². The SMILES string of the molecule is CC1CC(NC(c2cccs2)C2CCCC2)CC(C)O1. The van der Waals surface area contributed by atoms with Gasteiger partial charge in [-0.3, -0.25) is 0 Å². The van der Waals surface area contributed by atoms with Gasteiger partial charge < -0.3 is 10.1 Å². The molecule has 1 N–H and O–H groups in total. The van der Waals surface area contributed by atoms with Gasteiger partial charge in [0.1, 0.15) is 0 Å². The lowest BCUT2D eigenvalue weighted by Crippen LogP contribution is -2.44. The van der Waals surface area contributed by atoms with Crippen molar-refractivity contribution in [3.05, 3.63) is 22.4 Å². The molecule has 112 valence electrons. The molecule has 0 amide bonds. The molecule has 2 fully saturated rings. The highest BCUT2D eigenvalue weighted by molar-refractivity contribution is 7.10. The summed E-state index contributed by atoms with van der Waals surface area (Å²) in [5.41, 5.74) is 0. The molecule has 1 saturated heterocycles. The minimum absolute atomic E-state index is 0.392. The van der Waals surface area contributed by atoms with Crippen molar-refractivity contribution in [2.24, 2.45) is 5.92 Å². The monoisotopic (exact) mass is 293 g/mol. The van der Waals surface area contributed by atoms with Gasteiger partial charge in [-0.2, -0.15) is 0 Å². The van der Waals surface area contributed by atoms with Gasteiger partial charge in [-0.25, -0.2) is 0 Å². The Bertz CT molecular complexity index is 389. The smallest absolute Gasteiger partial charge is 0.0565 e. The van der Waals surface area contributed by atoms with Gasteiger partial charge in [0.25, 0.3) is 0 Å². The summed E-state index contributed by atoms with van der Waals surface area (Å²) < 4.78 is 5.88. The van der Waals surface area contributed by atoms with E-state index in [1.54, 1.807) is 0 Å². The molecule has 0 aromatic carbocycles. The number of hydrogen-bond acceptors (Lipinski definition) is 3. The lowest BCUT2D eigenvalue weighted by molar-refractivity contribution is -0.0445. The molecule has 2 aliphatic rings. The van der Waals surface area contributed by atoms with E-state index in [1.807, 2.05) is 11.3 Å². The van der Waals surface area contributed by atoms with Crippen LogP contribution in [-0.2, 0) is 4.74 Å². The molecule has 1 aliphatic heterocycles. The maximum absolute atomic E-state index is 5.88. The predicted octanol–water partition coefficient (Wildman–Crippen LogP) is 4.53. The molecule has 3 atom stereocenters. The standard InChI is InChI=1S/C17H27NOS/c1-12-10-15(11-13(2)19-12)18-17(14-6-3-4-7-14)16-8-5-9-20-16/h5,8-9,12-15,17-18H,3-4,6-7,10-11H2,1-2H3. The lowest BCUT2D eigenvalue weighted by Gasteiger charge is -2.36. The summed E-state index contributed by atoms with van der Waals surface area (Å²) in [6, 6.07) is 5.69. The zero-order chi connectivity index (χ0) is 13.9. The zero-order valence-corrected chi connectivity index (χ0v) is 13.5. The second-order valence-electron chi connectivity index (χ2n) is 6.63. The van der Waals surface area contributed by atoms with E-state index < -0.39 is 0 Å². The first kappa shape index (κ1) is 14.6. The number of thiophene rings is 1. The Kier molecular flexibility index (Phi) is 4.79. The molecule has 1 aliphatic carbocycles. The molecular formula is C17H27NOS. The highest BCUT2D eigenvalue weighted by Gasteiger charge is 2.31. The second kappa shape index (κ2) is 6.59. The predicted molar refractivity (Wildman–Crippen MR) is 85.2 cm³/mol. The Labute approximate surface area is 126 Å². The minimum Gasteiger partial charge on any atom is -0.375 e. The molecule has 3 heteroatoms. The van der Waals surface area contributed by atoms with Crippen LogP contribution in [0.5, 0.6) is 0 Å². The highest BCUT2D eigenvalue weighted by atomic mass is 32.1. The van der Waals surface area contributed by atoms with E-state index in [-0.39, 0.29) is 0 Å². The number of ether oxygens (including phenoxy) is 1. The first-order valence-electron chi connectivity index (χ1n) is 8.17. The van der Waals surface area contributed by atoms with Crippen LogP contribution in [0.15, 0.2) is 17.5 Å². The van der Waals surface area contributed by atoms with Gasteiger partial charge in [-0.05, 0) is 56.9 Å². The molecular weight excluding hydrogens is 266 g/mol. The third kappa shape index (κ3) is 3.44. The molecule has 0 spiro atoms. The molecule has 1 saturated carbocycles. The quantitative estimate of drug-likeness (QED) is 0.881. The lowest BCUT2D eigenvalue weighted by atomic mass is 9.93. The zero-order valence-electron chi connectivity index (χ0n) is 12.7. The van der Waals surface area contributed by atoms with E-state index in [0.29, 0.717) is 24.3 Å². The van der Waals surface area contributed by atoms with Crippen molar-refractivity contribution in [1.29, 1.82) is 0 Å². The van der Waals surface area contributed by atoms with Gasteiger partial charge in [0.2, 0.25) is 0 Å². The maximum atomic E-state index is 5.88. The van der Waals surface area contributed by atoms with Gasteiger partial charge in [-0.1, -0.05) is 18.9 Å². The average molecular weight is 293 g/mol. The summed E-state index contributed by atoms with van der Waals surface area (Å²) >= 11 is 1.91. The van der Waals surface area contributed by atoms with Gasteiger partial charge in [0.15, 0.2) is 0 Å². The molecule has 1 aromatic rings. The third-order valence-electron chi connectivity index (χ3n) is 4.83. The maximum Gasteiger partial charge on any atom is 0.0565 e. The van der Waals surface area contributed by atoms with E-state index in [1.165, 1.54) is 30.6 Å². The van der Waals surface area contributed by atoms with Crippen molar-refractivity contribution in [3.63, 3.8) is 0 Å². The summed E-state index contributed by atoms with van der Waals surface area (Å²) in [4.78, 5) is 1.53. The fourth-order valence-electron chi connectivity index (χ4n) is 4.00. The van der Waals surface area contributed by atoms with E-state index in [9.17, 15) is 0 Å². The summed E-state index contributed by atoms with van der Waals surface area (Å²) in [6.07, 6.45) is 8.70. The average Bonchev–Trinajstić information content (AvgIpc) is 3.08. The van der Waals surface area contributed by atoms with Gasteiger partial charge >= 0.3 is 0 Å². The molecule has 20 heavy (non-hydrogen) atoms. The summed E-state index contributed by atoms with van der Waals surface area (Å²) in [5, 5.41) is 6.21. The van der Waals surface area contributed by atoms with Crippen LogP contribution in [-0.4, -0.2) is 18.2 Å². The Morgan fingerprint density at radius 2 is 1.90 bits per heavy atom.